The van der Waals surface area contributed by atoms with E-state index < -0.39 is 6.03 Å². The lowest BCUT2D eigenvalue weighted by Gasteiger charge is -2.22. The van der Waals surface area contributed by atoms with Crippen LogP contribution in [0.15, 0.2) is 30.3 Å². The molecule has 1 rings (SSSR count). The lowest BCUT2D eigenvalue weighted by Crippen LogP contribution is -2.51. The molecule has 1 aromatic rings. The molecule has 2 amide bonds. The van der Waals surface area contributed by atoms with Crippen molar-refractivity contribution in [3.05, 3.63) is 35.9 Å². The first-order chi connectivity index (χ1) is 8.26. The van der Waals surface area contributed by atoms with E-state index in [4.69, 9.17) is 11.7 Å². The van der Waals surface area contributed by atoms with Gasteiger partial charge in [0.05, 0.1) is 0 Å². The van der Waals surface area contributed by atoms with Crippen LogP contribution in [-0.2, 0) is 6.54 Å². The monoisotopic (exact) mass is 238 g/mol. The second-order valence-electron chi connectivity index (χ2n) is 3.45. The van der Waals surface area contributed by atoms with Gasteiger partial charge in [-0.15, -0.1) is 0 Å². The van der Waals surface area contributed by atoms with E-state index in [9.17, 15) is 4.79 Å². The predicted molar refractivity (Wildman–Crippen MR) is 64.9 cm³/mol. The number of carbonyl (C=O) groups excluding carboxylic acids is 1. The molecule has 0 unspecified atom stereocenters. The third-order valence-corrected chi connectivity index (χ3v) is 2.13. The van der Waals surface area contributed by atoms with Gasteiger partial charge in [0.25, 0.3) is 0 Å². The lowest BCUT2D eigenvalue weighted by atomic mass is 10.2. The lowest BCUT2D eigenvalue weighted by molar-refractivity contribution is 0.171. The topological polar surface area (TPSA) is 108 Å². The molecule has 0 aliphatic rings. The molecule has 0 bridgehead atoms. The van der Waals surface area contributed by atoms with Crippen LogP contribution in [0.25, 0.3) is 0 Å². The second kappa shape index (κ2) is 7.58. The van der Waals surface area contributed by atoms with Crippen molar-refractivity contribution in [3.8, 4) is 0 Å². The maximum Gasteiger partial charge on any atom is 0.343 e. The smallest absolute Gasteiger partial charge is 0.275 e. The van der Waals surface area contributed by atoms with Crippen molar-refractivity contribution in [1.29, 1.82) is 0 Å². The number of rotatable bonds is 6. The van der Waals surface area contributed by atoms with E-state index in [1.807, 2.05) is 35.8 Å². The summed E-state index contributed by atoms with van der Waals surface area (Å²) < 4.78 is 0. The fraction of sp³-hybridized carbons (Fsp3) is 0.300. The second-order valence-corrected chi connectivity index (χ2v) is 3.45. The van der Waals surface area contributed by atoms with Crippen molar-refractivity contribution in [2.75, 3.05) is 13.1 Å². The molecule has 0 aliphatic heterocycles. The molecular weight excluding hydrogens is 220 g/mol. The van der Waals surface area contributed by atoms with E-state index in [2.05, 4.69) is 10.9 Å². The molecule has 0 radical (unpaired) electrons. The largest absolute Gasteiger partial charge is 0.343 e. The number of nitrogens with zero attached hydrogens (tertiary/aromatic N) is 1. The number of benzene rings is 1. The minimum atomic E-state index is -0.460. The Morgan fingerprint density at radius 3 is 2.53 bits per heavy atom. The summed E-state index contributed by atoms with van der Waals surface area (Å²) in [5, 5.41) is 1.72. The summed E-state index contributed by atoms with van der Waals surface area (Å²) in [6.07, 6.45) is 0. The number of nitrogens with two attached hydrogens (primary N) is 2. The van der Waals surface area contributed by atoms with Crippen LogP contribution in [0.3, 0.4) is 0 Å². The summed E-state index contributed by atoms with van der Waals surface area (Å²) in [6.45, 7) is 1.70. The number of nitrogens with one attached hydrogen (secondary N) is 3. The fourth-order valence-electron chi connectivity index (χ4n) is 1.35. The van der Waals surface area contributed by atoms with Gasteiger partial charge in [0, 0.05) is 19.6 Å². The van der Waals surface area contributed by atoms with Gasteiger partial charge in [-0.1, -0.05) is 30.3 Å². The van der Waals surface area contributed by atoms with Crippen molar-refractivity contribution in [2.45, 2.75) is 6.54 Å². The maximum atomic E-state index is 11.1. The van der Waals surface area contributed by atoms with Gasteiger partial charge in [0.2, 0.25) is 0 Å². The first kappa shape index (κ1) is 13.4. The van der Waals surface area contributed by atoms with Crippen molar-refractivity contribution in [3.63, 3.8) is 0 Å². The normalized spacial score (nSPS) is 10.3. The van der Waals surface area contributed by atoms with Crippen LogP contribution in [0.1, 0.15) is 5.56 Å². The zero-order valence-electron chi connectivity index (χ0n) is 9.52. The Morgan fingerprint density at radius 2 is 1.94 bits per heavy atom. The SMILES string of the molecule is NNCCN(Cc1ccccc1)NC(=O)NN. The molecule has 0 saturated heterocycles. The summed E-state index contributed by atoms with van der Waals surface area (Å²) in [6, 6.07) is 9.32. The molecule has 0 spiro atoms. The number of amides is 2. The highest BCUT2D eigenvalue weighted by molar-refractivity contribution is 5.72. The molecule has 94 valence electrons. The third-order valence-electron chi connectivity index (χ3n) is 2.13. The highest BCUT2D eigenvalue weighted by Gasteiger charge is 2.08. The van der Waals surface area contributed by atoms with Gasteiger partial charge in [-0.05, 0) is 5.56 Å². The zero-order valence-corrected chi connectivity index (χ0v) is 9.52. The molecule has 0 aliphatic carbocycles. The van der Waals surface area contributed by atoms with Crippen LogP contribution in [0.5, 0.6) is 0 Å². The Hall–Kier alpha value is -1.67. The summed E-state index contributed by atoms with van der Waals surface area (Å²) in [7, 11) is 0. The van der Waals surface area contributed by atoms with Crippen molar-refractivity contribution < 1.29 is 4.79 Å². The molecule has 7 nitrogen and oxygen atoms in total. The fourth-order valence-corrected chi connectivity index (χ4v) is 1.35. The number of urea groups is 1. The van der Waals surface area contributed by atoms with Crippen LogP contribution in [0, 0.1) is 0 Å². The van der Waals surface area contributed by atoms with E-state index in [-0.39, 0.29) is 0 Å². The highest BCUT2D eigenvalue weighted by Crippen LogP contribution is 2.01. The van der Waals surface area contributed by atoms with Crippen LogP contribution in [0.2, 0.25) is 0 Å². The molecule has 0 atom stereocenters. The molecule has 7 N–H and O–H groups in total. The van der Waals surface area contributed by atoms with E-state index in [1.165, 1.54) is 0 Å². The third kappa shape index (κ3) is 5.27. The van der Waals surface area contributed by atoms with E-state index in [1.54, 1.807) is 5.01 Å². The summed E-state index contributed by atoms with van der Waals surface area (Å²) in [5.74, 6) is 10.2. The molecular formula is C10H18N6O. The quantitative estimate of drug-likeness (QED) is 0.249. The van der Waals surface area contributed by atoms with E-state index in [0.29, 0.717) is 19.6 Å². The van der Waals surface area contributed by atoms with Gasteiger partial charge in [-0.25, -0.2) is 15.6 Å². The molecule has 0 saturated carbocycles. The van der Waals surface area contributed by atoms with E-state index in [0.717, 1.165) is 5.56 Å². The molecule has 0 heterocycles. The first-order valence-electron chi connectivity index (χ1n) is 5.26. The van der Waals surface area contributed by atoms with Gasteiger partial charge < -0.3 is 0 Å². The number of carbonyl (C=O) groups is 1. The Bertz CT molecular complexity index is 331. The molecule has 0 fully saturated rings. The molecule has 7 heteroatoms. The average molecular weight is 238 g/mol. The van der Waals surface area contributed by atoms with Crippen molar-refractivity contribution in [1.82, 2.24) is 21.3 Å². The summed E-state index contributed by atoms with van der Waals surface area (Å²) >= 11 is 0. The summed E-state index contributed by atoms with van der Waals surface area (Å²) in [5.41, 5.74) is 8.24. The Kier molecular flexibility index (Phi) is 5.97. The number of hydrazine groups is 3. The van der Waals surface area contributed by atoms with Crippen molar-refractivity contribution in [2.24, 2.45) is 11.7 Å². The maximum absolute atomic E-state index is 11.1. The van der Waals surface area contributed by atoms with Crippen molar-refractivity contribution >= 4 is 6.03 Å². The Labute approximate surface area is 100 Å². The summed E-state index contributed by atoms with van der Waals surface area (Å²) in [4.78, 5) is 11.1. The minimum absolute atomic E-state index is 0.460. The van der Waals surface area contributed by atoms with Gasteiger partial charge in [0.1, 0.15) is 0 Å². The zero-order chi connectivity index (χ0) is 12.5. The Morgan fingerprint density at radius 1 is 1.24 bits per heavy atom. The Balaban J connectivity index is 2.53. The average Bonchev–Trinajstić information content (AvgIpc) is 2.37. The van der Waals surface area contributed by atoms with Gasteiger partial charge >= 0.3 is 6.03 Å². The molecule has 0 aromatic heterocycles. The van der Waals surface area contributed by atoms with E-state index >= 15 is 0 Å². The van der Waals surface area contributed by atoms with Crippen LogP contribution in [-0.4, -0.2) is 24.1 Å². The minimum Gasteiger partial charge on any atom is -0.275 e. The predicted octanol–water partition coefficient (Wildman–Crippen LogP) is -0.960. The van der Waals surface area contributed by atoms with Crippen LogP contribution in [0.4, 0.5) is 4.79 Å². The van der Waals surface area contributed by atoms with Crippen LogP contribution >= 0.6 is 0 Å². The number of hydrogen-bond donors (Lipinski definition) is 5. The van der Waals surface area contributed by atoms with Gasteiger partial charge in [0.15, 0.2) is 0 Å². The molecule has 17 heavy (non-hydrogen) atoms. The first-order valence-corrected chi connectivity index (χ1v) is 5.26. The number of hydrogen-bond acceptors (Lipinski definition) is 5. The molecule has 1 aromatic carbocycles. The van der Waals surface area contributed by atoms with Crippen LogP contribution < -0.4 is 28.0 Å². The standard InChI is InChI=1S/C10H18N6O/c11-13-6-7-16(15-10(17)14-12)8-9-4-2-1-3-5-9/h1-5,13H,6-8,11-12H2,(H2,14,15,17). The van der Waals surface area contributed by atoms with Gasteiger partial charge in [-0.3, -0.25) is 22.1 Å². The highest BCUT2D eigenvalue weighted by atomic mass is 16.2. The van der Waals surface area contributed by atoms with Gasteiger partial charge in [-0.2, -0.15) is 0 Å².